The Hall–Kier alpha value is -1.89. The molecule has 1 amide bonds. The Balaban J connectivity index is 1.63. The van der Waals surface area contributed by atoms with E-state index in [-0.39, 0.29) is 12.5 Å². The molecule has 0 atom stereocenters. The van der Waals surface area contributed by atoms with E-state index in [9.17, 15) is 4.79 Å². The lowest BCUT2D eigenvalue weighted by atomic mass is 10.1. The maximum atomic E-state index is 12.0. The maximum Gasteiger partial charge on any atom is 0.277 e. The van der Waals surface area contributed by atoms with Crippen LogP contribution in [0.3, 0.4) is 0 Å². The number of fused-ring (bicyclic) bond motifs is 1. The zero-order valence-electron chi connectivity index (χ0n) is 14.3. The van der Waals surface area contributed by atoms with Crippen molar-refractivity contribution in [2.24, 2.45) is 5.10 Å². The highest BCUT2D eigenvalue weighted by Gasteiger charge is 2.09. The third-order valence-electron chi connectivity index (χ3n) is 3.85. The summed E-state index contributed by atoms with van der Waals surface area (Å²) in [7, 11) is 0. The maximum absolute atomic E-state index is 12.0. The van der Waals surface area contributed by atoms with E-state index in [1.165, 1.54) is 0 Å². The van der Waals surface area contributed by atoms with Crippen LogP contribution in [-0.2, 0) is 4.79 Å². The first-order valence-corrected chi connectivity index (χ1v) is 10.00. The molecule has 1 N–H and O–H groups in total. The van der Waals surface area contributed by atoms with Crippen LogP contribution in [0.2, 0.25) is 5.02 Å². The summed E-state index contributed by atoms with van der Waals surface area (Å²) in [5.74, 6) is 0.254. The van der Waals surface area contributed by atoms with Crippen molar-refractivity contribution in [3.05, 3.63) is 74.1 Å². The topological polar surface area (TPSA) is 50.7 Å². The van der Waals surface area contributed by atoms with Crippen LogP contribution < -0.4 is 10.2 Å². The standard InChI is InChI=1S/C20H15Br2ClN2O2/c1-12(13-2-6-16(23)7-3-13)24-25-19(26)11-27-18-9-4-14-10-15(21)5-8-17(14)20(18)22/h2-10H,11H2,1H3,(H,25,26)/b24-12+. The summed E-state index contributed by atoms with van der Waals surface area (Å²) in [6.45, 7) is 1.67. The van der Waals surface area contributed by atoms with Crippen molar-refractivity contribution in [2.45, 2.75) is 6.92 Å². The lowest BCUT2D eigenvalue weighted by Crippen LogP contribution is -2.25. The lowest BCUT2D eigenvalue weighted by molar-refractivity contribution is -0.123. The highest BCUT2D eigenvalue weighted by atomic mass is 79.9. The largest absolute Gasteiger partial charge is 0.483 e. The average molecular weight is 511 g/mol. The van der Waals surface area contributed by atoms with Gasteiger partial charge in [-0.2, -0.15) is 5.10 Å². The molecule has 0 saturated carbocycles. The van der Waals surface area contributed by atoms with E-state index in [4.69, 9.17) is 16.3 Å². The third-order valence-corrected chi connectivity index (χ3v) is 5.41. The second kappa shape index (κ2) is 8.87. The number of halogens is 3. The highest BCUT2D eigenvalue weighted by Crippen LogP contribution is 2.34. The predicted molar refractivity (Wildman–Crippen MR) is 117 cm³/mol. The molecule has 0 radical (unpaired) electrons. The molecule has 0 spiro atoms. The fourth-order valence-electron chi connectivity index (χ4n) is 2.43. The Morgan fingerprint density at radius 2 is 1.85 bits per heavy atom. The number of hydrazone groups is 1. The Labute approximate surface area is 178 Å². The van der Waals surface area contributed by atoms with Crippen molar-refractivity contribution in [3.8, 4) is 5.75 Å². The Kier molecular flexibility index (Phi) is 6.52. The van der Waals surface area contributed by atoms with Gasteiger partial charge in [0.1, 0.15) is 5.75 Å². The first kappa shape index (κ1) is 19.9. The van der Waals surface area contributed by atoms with Crippen molar-refractivity contribution >= 4 is 65.9 Å². The van der Waals surface area contributed by atoms with E-state index in [0.29, 0.717) is 16.5 Å². The first-order chi connectivity index (χ1) is 12.9. The number of nitrogens with zero attached hydrogens (tertiary/aromatic N) is 1. The summed E-state index contributed by atoms with van der Waals surface area (Å²) >= 11 is 12.9. The molecule has 0 bridgehead atoms. The van der Waals surface area contributed by atoms with Gasteiger partial charge in [0.15, 0.2) is 6.61 Å². The zero-order chi connectivity index (χ0) is 19.4. The molecule has 0 aliphatic heterocycles. The smallest absolute Gasteiger partial charge is 0.277 e. The van der Waals surface area contributed by atoms with E-state index in [1.54, 1.807) is 12.1 Å². The van der Waals surface area contributed by atoms with Crippen molar-refractivity contribution in [2.75, 3.05) is 6.61 Å². The number of carbonyl (C=O) groups excluding carboxylic acids is 1. The van der Waals surface area contributed by atoms with Crippen LogP contribution in [0, 0.1) is 0 Å². The summed E-state index contributed by atoms with van der Waals surface area (Å²) in [5, 5.41) is 6.82. The van der Waals surface area contributed by atoms with E-state index in [0.717, 1.165) is 25.3 Å². The van der Waals surface area contributed by atoms with E-state index < -0.39 is 0 Å². The summed E-state index contributed by atoms with van der Waals surface area (Å²) in [5.41, 5.74) is 4.06. The number of amides is 1. The molecule has 4 nitrogen and oxygen atoms in total. The van der Waals surface area contributed by atoms with Crippen molar-refractivity contribution in [3.63, 3.8) is 0 Å². The molecule has 0 aromatic heterocycles. The van der Waals surface area contributed by atoms with Crippen LogP contribution in [-0.4, -0.2) is 18.2 Å². The summed E-state index contributed by atoms with van der Waals surface area (Å²) in [6, 6.07) is 17.0. The van der Waals surface area contributed by atoms with Gasteiger partial charge in [0.2, 0.25) is 0 Å². The number of hydrogen-bond donors (Lipinski definition) is 1. The van der Waals surface area contributed by atoms with Gasteiger partial charge in [0, 0.05) is 9.50 Å². The molecule has 0 saturated heterocycles. The summed E-state index contributed by atoms with van der Waals surface area (Å²) in [6.07, 6.45) is 0. The minimum absolute atomic E-state index is 0.141. The fraction of sp³-hybridized carbons (Fsp3) is 0.100. The minimum atomic E-state index is -0.342. The molecule has 3 aromatic rings. The first-order valence-electron chi connectivity index (χ1n) is 8.03. The molecule has 0 fully saturated rings. The average Bonchev–Trinajstić information content (AvgIpc) is 2.66. The molecule has 7 heteroatoms. The van der Waals surface area contributed by atoms with Crippen LogP contribution in [0.5, 0.6) is 5.75 Å². The van der Waals surface area contributed by atoms with Crippen molar-refractivity contribution in [1.82, 2.24) is 5.43 Å². The van der Waals surface area contributed by atoms with Crippen LogP contribution in [0.15, 0.2) is 68.6 Å². The normalized spacial score (nSPS) is 11.5. The zero-order valence-corrected chi connectivity index (χ0v) is 18.2. The van der Waals surface area contributed by atoms with Gasteiger partial charge in [-0.3, -0.25) is 4.79 Å². The monoisotopic (exact) mass is 508 g/mol. The molecule has 0 unspecified atom stereocenters. The van der Waals surface area contributed by atoms with Crippen molar-refractivity contribution in [1.29, 1.82) is 0 Å². The van der Waals surface area contributed by atoms with Crippen LogP contribution in [0.1, 0.15) is 12.5 Å². The summed E-state index contributed by atoms with van der Waals surface area (Å²) in [4.78, 5) is 12.0. The van der Waals surface area contributed by atoms with Gasteiger partial charge in [-0.05, 0) is 69.5 Å². The highest BCUT2D eigenvalue weighted by molar-refractivity contribution is 9.11. The van der Waals surface area contributed by atoms with Gasteiger partial charge in [0.05, 0.1) is 10.2 Å². The number of carbonyl (C=O) groups is 1. The number of benzene rings is 3. The lowest BCUT2D eigenvalue weighted by Gasteiger charge is -2.10. The molecular weight excluding hydrogens is 495 g/mol. The number of rotatable bonds is 5. The Morgan fingerprint density at radius 1 is 1.11 bits per heavy atom. The predicted octanol–water partition coefficient (Wildman–Crippen LogP) is 5.94. The number of nitrogens with one attached hydrogen (secondary N) is 1. The Morgan fingerprint density at radius 3 is 2.59 bits per heavy atom. The Bertz CT molecular complexity index is 1020. The second-order valence-electron chi connectivity index (χ2n) is 5.77. The molecule has 3 rings (SSSR count). The van der Waals surface area contributed by atoms with E-state index in [1.807, 2.05) is 49.4 Å². The number of hydrogen-bond acceptors (Lipinski definition) is 3. The van der Waals surface area contributed by atoms with Crippen LogP contribution in [0.25, 0.3) is 10.8 Å². The SMILES string of the molecule is C/C(=N\NC(=O)COc1ccc2cc(Br)ccc2c1Br)c1ccc(Cl)cc1. The number of ether oxygens (including phenoxy) is 1. The van der Waals surface area contributed by atoms with Gasteiger partial charge < -0.3 is 4.74 Å². The quantitative estimate of drug-likeness (QED) is 0.341. The van der Waals surface area contributed by atoms with Gasteiger partial charge in [-0.1, -0.05) is 51.8 Å². The fourth-order valence-corrected chi connectivity index (χ4v) is 3.54. The molecule has 0 aliphatic rings. The second-order valence-corrected chi connectivity index (χ2v) is 7.92. The summed E-state index contributed by atoms with van der Waals surface area (Å²) < 4.78 is 7.44. The molecule has 138 valence electrons. The third kappa shape index (κ3) is 5.09. The van der Waals surface area contributed by atoms with Gasteiger partial charge >= 0.3 is 0 Å². The van der Waals surface area contributed by atoms with Gasteiger partial charge in [-0.15, -0.1) is 0 Å². The van der Waals surface area contributed by atoms with Gasteiger partial charge in [-0.25, -0.2) is 5.43 Å². The minimum Gasteiger partial charge on any atom is -0.483 e. The van der Waals surface area contributed by atoms with Crippen molar-refractivity contribution < 1.29 is 9.53 Å². The van der Waals surface area contributed by atoms with E-state index in [2.05, 4.69) is 42.4 Å². The van der Waals surface area contributed by atoms with Gasteiger partial charge in [0.25, 0.3) is 5.91 Å². The molecular formula is C20H15Br2ClN2O2. The van der Waals surface area contributed by atoms with E-state index >= 15 is 0 Å². The molecule has 0 aliphatic carbocycles. The van der Waals surface area contributed by atoms with Crippen LogP contribution >= 0.6 is 43.5 Å². The van der Waals surface area contributed by atoms with Crippen LogP contribution in [0.4, 0.5) is 0 Å². The molecule has 3 aromatic carbocycles. The molecule has 0 heterocycles. The molecule has 27 heavy (non-hydrogen) atoms.